The quantitative estimate of drug-likeness (QED) is 0.751. The molecule has 0 radical (unpaired) electrons. The molecule has 0 aliphatic heterocycles. The smallest absolute Gasteiger partial charge is 0.100 e. The van der Waals surface area contributed by atoms with E-state index in [0.717, 1.165) is 4.47 Å². The third-order valence-electron chi connectivity index (χ3n) is 1.43. The van der Waals surface area contributed by atoms with Gasteiger partial charge in [-0.15, -0.1) is 11.8 Å². The zero-order chi connectivity index (χ0) is 9.84. The van der Waals surface area contributed by atoms with Crippen molar-refractivity contribution in [3.05, 3.63) is 28.2 Å². The van der Waals surface area contributed by atoms with Crippen molar-refractivity contribution >= 4 is 27.7 Å². The largest absolute Gasteiger partial charge is 0.192 e. The molecule has 0 atom stereocenters. The molecule has 0 saturated heterocycles. The molecule has 3 heteroatoms. The van der Waals surface area contributed by atoms with Crippen LogP contribution in [0.25, 0.3) is 0 Å². The van der Waals surface area contributed by atoms with E-state index in [1.807, 2.05) is 18.2 Å². The lowest BCUT2D eigenvalue weighted by molar-refractivity contribution is 1.11. The first-order valence-electron chi connectivity index (χ1n) is 4.00. The number of thioether (sulfide) groups is 1. The van der Waals surface area contributed by atoms with Gasteiger partial charge in [0.15, 0.2) is 0 Å². The SMILES string of the molecule is CC(C)Sc1ccc(C#N)c(Br)c1. The Morgan fingerprint density at radius 1 is 1.46 bits per heavy atom. The predicted molar refractivity (Wildman–Crippen MR) is 59.9 cm³/mol. The number of nitriles is 1. The summed E-state index contributed by atoms with van der Waals surface area (Å²) in [5.74, 6) is 0. The summed E-state index contributed by atoms with van der Waals surface area (Å²) in [6.07, 6.45) is 0. The summed E-state index contributed by atoms with van der Waals surface area (Å²) in [6.45, 7) is 4.30. The number of benzene rings is 1. The van der Waals surface area contributed by atoms with Crippen molar-refractivity contribution in [3.8, 4) is 6.07 Å². The topological polar surface area (TPSA) is 23.8 Å². The van der Waals surface area contributed by atoms with Gasteiger partial charge in [-0.25, -0.2) is 0 Å². The fourth-order valence-electron chi connectivity index (χ4n) is 0.932. The van der Waals surface area contributed by atoms with Crippen LogP contribution < -0.4 is 0 Å². The molecule has 0 heterocycles. The molecule has 0 N–H and O–H groups in total. The van der Waals surface area contributed by atoms with Gasteiger partial charge in [0.25, 0.3) is 0 Å². The van der Waals surface area contributed by atoms with Crippen molar-refractivity contribution in [3.63, 3.8) is 0 Å². The van der Waals surface area contributed by atoms with E-state index in [2.05, 4.69) is 35.8 Å². The predicted octanol–water partition coefficient (Wildman–Crippen LogP) is 3.82. The van der Waals surface area contributed by atoms with Gasteiger partial charge in [-0.3, -0.25) is 0 Å². The van der Waals surface area contributed by atoms with E-state index < -0.39 is 0 Å². The second-order valence-electron chi connectivity index (χ2n) is 2.92. The molecule has 0 spiro atoms. The lowest BCUT2D eigenvalue weighted by atomic mass is 10.2. The minimum absolute atomic E-state index is 0.569. The minimum Gasteiger partial charge on any atom is -0.192 e. The maximum absolute atomic E-state index is 8.70. The highest BCUT2D eigenvalue weighted by Crippen LogP contribution is 2.27. The van der Waals surface area contributed by atoms with Crippen molar-refractivity contribution in [2.45, 2.75) is 24.0 Å². The number of hydrogen-bond donors (Lipinski definition) is 0. The van der Waals surface area contributed by atoms with Crippen molar-refractivity contribution < 1.29 is 0 Å². The highest BCUT2D eigenvalue weighted by Gasteiger charge is 2.02. The summed E-state index contributed by atoms with van der Waals surface area (Å²) in [4.78, 5) is 1.20. The third kappa shape index (κ3) is 3.06. The summed E-state index contributed by atoms with van der Waals surface area (Å²) >= 11 is 5.15. The van der Waals surface area contributed by atoms with E-state index in [1.54, 1.807) is 11.8 Å². The van der Waals surface area contributed by atoms with Crippen LogP contribution in [0.5, 0.6) is 0 Å². The Kier molecular flexibility index (Phi) is 3.83. The van der Waals surface area contributed by atoms with Gasteiger partial charge in [0, 0.05) is 14.6 Å². The molecule has 0 aromatic heterocycles. The molecule has 0 aliphatic rings. The number of hydrogen-bond acceptors (Lipinski definition) is 2. The Labute approximate surface area is 91.3 Å². The monoisotopic (exact) mass is 255 g/mol. The van der Waals surface area contributed by atoms with Crippen LogP contribution in [0.1, 0.15) is 19.4 Å². The Hall–Kier alpha value is -0.460. The van der Waals surface area contributed by atoms with Crippen LogP contribution in [0.3, 0.4) is 0 Å². The van der Waals surface area contributed by atoms with Gasteiger partial charge in [-0.1, -0.05) is 13.8 Å². The molecule has 68 valence electrons. The molecule has 0 aliphatic carbocycles. The van der Waals surface area contributed by atoms with Crippen LogP contribution in [0, 0.1) is 11.3 Å². The van der Waals surface area contributed by atoms with E-state index in [4.69, 9.17) is 5.26 Å². The number of halogens is 1. The van der Waals surface area contributed by atoms with Crippen LogP contribution in [0.15, 0.2) is 27.6 Å². The van der Waals surface area contributed by atoms with Crippen molar-refractivity contribution in [2.24, 2.45) is 0 Å². The molecule has 0 amide bonds. The zero-order valence-corrected chi connectivity index (χ0v) is 9.95. The van der Waals surface area contributed by atoms with Gasteiger partial charge in [0.1, 0.15) is 6.07 Å². The molecule has 0 saturated carbocycles. The first kappa shape index (κ1) is 10.6. The van der Waals surface area contributed by atoms with Gasteiger partial charge < -0.3 is 0 Å². The maximum atomic E-state index is 8.70. The first-order valence-corrected chi connectivity index (χ1v) is 5.67. The normalized spacial score (nSPS) is 10.1. The van der Waals surface area contributed by atoms with E-state index in [0.29, 0.717) is 10.8 Å². The Morgan fingerprint density at radius 3 is 2.62 bits per heavy atom. The lowest BCUT2D eigenvalue weighted by Gasteiger charge is -2.05. The van der Waals surface area contributed by atoms with E-state index in [-0.39, 0.29) is 0 Å². The highest BCUT2D eigenvalue weighted by atomic mass is 79.9. The lowest BCUT2D eigenvalue weighted by Crippen LogP contribution is -1.86. The van der Waals surface area contributed by atoms with E-state index in [9.17, 15) is 0 Å². The fourth-order valence-corrected chi connectivity index (χ4v) is 2.43. The Balaban J connectivity index is 2.91. The number of rotatable bonds is 2. The summed E-state index contributed by atoms with van der Waals surface area (Å²) in [5.41, 5.74) is 0.688. The van der Waals surface area contributed by atoms with Crippen LogP contribution in [0.4, 0.5) is 0 Å². The first-order chi connectivity index (χ1) is 6.13. The number of nitrogens with zero attached hydrogens (tertiary/aromatic N) is 1. The summed E-state index contributed by atoms with van der Waals surface area (Å²) in [5, 5.41) is 9.27. The average Bonchev–Trinajstić information content (AvgIpc) is 2.03. The average molecular weight is 256 g/mol. The Bertz CT molecular complexity index is 341. The van der Waals surface area contributed by atoms with Crippen LogP contribution in [0.2, 0.25) is 0 Å². The summed E-state index contributed by atoms with van der Waals surface area (Å²) < 4.78 is 0.876. The van der Waals surface area contributed by atoms with E-state index >= 15 is 0 Å². The van der Waals surface area contributed by atoms with Crippen LogP contribution in [-0.4, -0.2) is 5.25 Å². The third-order valence-corrected chi connectivity index (χ3v) is 3.09. The maximum Gasteiger partial charge on any atom is 0.100 e. The zero-order valence-electron chi connectivity index (χ0n) is 7.54. The molecule has 1 nitrogen and oxygen atoms in total. The summed E-state index contributed by atoms with van der Waals surface area (Å²) in [6, 6.07) is 7.93. The molecular formula is C10H10BrNS. The van der Waals surface area contributed by atoms with Crippen molar-refractivity contribution in [2.75, 3.05) is 0 Å². The second kappa shape index (κ2) is 4.69. The van der Waals surface area contributed by atoms with Crippen molar-refractivity contribution in [1.29, 1.82) is 5.26 Å². The van der Waals surface area contributed by atoms with Gasteiger partial charge in [-0.05, 0) is 34.1 Å². The van der Waals surface area contributed by atoms with Gasteiger partial charge in [-0.2, -0.15) is 5.26 Å². The molecular weight excluding hydrogens is 246 g/mol. The Morgan fingerprint density at radius 2 is 2.15 bits per heavy atom. The van der Waals surface area contributed by atoms with Gasteiger partial charge in [0.05, 0.1) is 5.56 Å². The van der Waals surface area contributed by atoms with Crippen LogP contribution in [-0.2, 0) is 0 Å². The standard InChI is InChI=1S/C10H10BrNS/c1-7(2)13-9-4-3-8(6-12)10(11)5-9/h3-5,7H,1-2H3. The molecule has 1 rings (SSSR count). The fraction of sp³-hybridized carbons (Fsp3) is 0.300. The highest BCUT2D eigenvalue weighted by molar-refractivity contribution is 9.10. The molecule has 13 heavy (non-hydrogen) atoms. The minimum atomic E-state index is 0.569. The molecule has 0 bridgehead atoms. The van der Waals surface area contributed by atoms with E-state index in [1.165, 1.54) is 4.90 Å². The molecule has 0 unspecified atom stereocenters. The van der Waals surface area contributed by atoms with Crippen LogP contribution >= 0.6 is 27.7 Å². The van der Waals surface area contributed by atoms with Gasteiger partial charge >= 0.3 is 0 Å². The second-order valence-corrected chi connectivity index (χ2v) is 5.42. The van der Waals surface area contributed by atoms with Gasteiger partial charge in [0.2, 0.25) is 0 Å². The summed E-state index contributed by atoms with van der Waals surface area (Å²) in [7, 11) is 0. The van der Waals surface area contributed by atoms with Crippen molar-refractivity contribution in [1.82, 2.24) is 0 Å². The molecule has 0 fully saturated rings. The molecule has 1 aromatic rings. The molecule has 1 aromatic carbocycles.